The summed E-state index contributed by atoms with van der Waals surface area (Å²) in [7, 11) is 0. The molecule has 0 fully saturated rings. The van der Waals surface area contributed by atoms with E-state index < -0.39 is 0 Å². The maximum Gasteiger partial charge on any atom is 0.119 e. The number of unbranched alkanes of at least 4 members (excludes halogenated alkanes) is 1. The normalized spacial score (nSPS) is 14.3. The predicted molar refractivity (Wildman–Crippen MR) is 46.9 cm³/mol. The van der Waals surface area contributed by atoms with E-state index in [9.17, 15) is 4.79 Å². The quantitative estimate of drug-likeness (QED) is 0.291. The van der Waals surface area contributed by atoms with Gasteiger partial charge in [-0.15, -0.1) is 0 Å². The summed E-state index contributed by atoms with van der Waals surface area (Å²) >= 11 is 0. The average molecular weight is 174 g/mol. The Labute approximate surface area is 73.7 Å². The van der Waals surface area contributed by atoms with Crippen LogP contribution in [0.25, 0.3) is 0 Å². The monoisotopic (exact) mass is 174 g/mol. The maximum absolute atomic E-state index is 10.0. The lowest BCUT2D eigenvalue weighted by Gasteiger charge is -2.28. The number of carbonyl (C=O) groups is 1. The van der Waals surface area contributed by atoms with Crippen molar-refractivity contribution in [1.82, 2.24) is 0 Å². The van der Waals surface area contributed by atoms with Gasteiger partial charge < -0.3 is 4.79 Å². The number of rotatable bonds is 6. The summed E-state index contributed by atoms with van der Waals surface area (Å²) in [5.41, 5.74) is -0.0717. The Morgan fingerprint density at radius 2 is 2.17 bits per heavy atom. The predicted octanol–water partition coefficient (Wildman–Crippen LogP) is 2.26. The average Bonchev–Trinajstić information content (AvgIpc) is 2.03. The fourth-order valence-electron chi connectivity index (χ4n) is 0.987. The SMILES string of the molecule is CC(OO)C(C)(C)CCCC=O. The van der Waals surface area contributed by atoms with Crippen LogP contribution >= 0.6 is 0 Å². The molecule has 0 aliphatic heterocycles. The Hall–Kier alpha value is -0.410. The largest absolute Gasteiger partial charge is 0.303 e. The maximum atomic E-state index is 10.0. The van der Waals surface area contributed by atoms with E-state index >= 15 is 0 Å². The van der Waals surface area contributed by atoms with Gasteiger partial charge in [0.15, 0.2) is 0 Å². The molecular weight excluding hydrogens is 156 g/mol. The molecular formula is C9H18O3. The molecule has 0 aliphatic carbocycles. The highest BCUT2D eigenvalue weighted by atomic mass is 17.1. The van der Waals surface area contributed by atoms with E-state index in [0.29, 0.717) is 6.42 Å². The first-order chi connectivity index (χ1) is 5.54. The smallest absolute Gasteiger partial charge is 0.119 e. The van der Waals surface area contributed by atoms with Crippen LogP contribution in [0.2, 0.25) is 0 Å². The molecule has 0 aliphatic rings. The zero-order valence-electron chi connectivity index (χ0n) is 8.04. The van der Waals surface area contributed by atoms with E-state index in [1.165, 1.54) is 0 Å². The Kier molecular flexibility index (Phi) is 5.09. The molecule has 3 heteroatoms. The minimum atomic E-state index is -0.191. The van der Waals surface area contributed by atoms with E-state index in [1.54, 1.807) is 0 Å². The van der Waals surface area contributed by atoms with Crippen LogP contribution in [0.1, 0.15) is 40.0 Å². The fourth-order valence-corrected chi connectivity index (χ4v) is 0.987. The van der Waals surface area contributed by atoms with Crippen molar-refractivity contribution in [2.24, 2.45) is 5.41 Å². The summed E-state index contributed by atoms with van der Waals surface area (Å²) in [6, 6.07) is 0. The van der Waals surface area contributed by atoms with Gasteiger partial charge in [0.05, 0.1) is 6.10 Å². The van der Waals surface area contributed by atoms with Gasteiger partial charge in [-0.25, -0.2) is 4.89 Å². The molecule has 0 rings (SSSR count). The van der Waals surface area contributed by atoms with Gasteiger partial charge in [-0.1, -0.05) is 13.8 Å². The van der Waals surface area contributed by atoms with Gasteiger partial charge in [0.2, 0.25) is 0 Å². The van der Waals surface area contributed by atoms with Crippen LogP contribution in [-0.4, -0.2) is 17.6 Å². The van der Waals surface area contributed by atoms with Crippen molar-refractivity contribution in [2.45, 2.75) is 46.1 Å². The molecule has 72 valence electrons. The number of hydrogen-bond acceptors (Lipinski definition) is 3. The Bertz CT molecular complexity index is 132. The summed E-state index contributed by atoms with van der Waals surface area (Å²) in [5.74, 6) is 0. The molecule has 0 spiro atoms. The minimum Gasteiger partial charge on any atom is -0.303 e. The second-order valence-electron chi connectivity index (χ2n) is 3.80. The molecule has 0 aromatic heterocycles. The summed E-state index contributed by atoms with van der Waals surface area (Å²) in [6.45, 7) is 5.85. The molecule has 1 N–H and O–H groups in total. The third kappa shape index (κ3) is 3.83. The highest BCUT2D eigenvalue weighted by Gasteiger charge is 2.26. The van der Waals surface area contributed by atoms with Crippen LogP contribution in [-0.2, 0) is 9.68 Å². The first-order valence-corrected chi connectivity index (χ1v) is 4.28. The van der Waals surface area contributed by atoms with Gasteiger partial charge in [0, 0.05) is 6.42 Å². The summed E-state index contributed by atoms with van der Waals surface area (Å²) in [4.78, 5) is 14.3. The molecule has 0 radical (unpaired) electrons. The summed E-state index contributed by atoms with van der Waals surface area (Å²) < 4.78 is 0. The van der Waals surface area contributed by atoms with Crippen LogP contribution < -0.4 is 0 Å². The molecule has 1 unspecified atom stereocenters. The van der Waals surface area contributed by atoms with E-state index in [2.05, 4.69) is 4.89 Å². The first kappa shape index (κ1) is 11.6. The van der Waals surface area contributed by atoms with Crippen molar-refractivity contribution in [2.75, 3.05) is 0 Å². The van der Waals surface area contributed by atoms with Gasteiger partial charge in [0.1, 0.15) is 6.29 Å². The minimum absolute atomic E-state index is 0.0717. The molecule has 0 saturated carbocycles. The van der Waals surface area contributed by atoms with Crippen LogP contribution in [0.15, 0.2) is 0 Å². The Balaban J connectivity index is 3.77. The highest BCUT2D eigenvalue weighted by Crippen LogP contribution is 2.28. The van der Waals surface area contributed by atoms with Crippen molar-refractivity contribution in [3.8, 4) is 0 Å². The summed E-state index contributed by atoms with van der Waals surface area (Å²) in [5, 5.41) is 8.46. The summed E-state index contributed by atoms with van der Waals surface area (Å²) in [6.07, 6.45) is 3.05. The number of aldehydes is 1. The third-order valence-corrected chi connectivity index (χ3v) is 2.40. The van der Waals surface area contributed by atoms with E-state index in [0.717, 1.165) is 19.1 Å². The standard InChI is InChI=1S/C9H18O3/c1-8(12-11)9(2,3)6-4-5-7-10/h7-8,11H,4-6H2,1-3H3. The van der Waals surface area contributed by atoms with E-state index in [-0.39, 0.29) is 11.5 Å². The second kappa shape index (κ2) is 5.27. The Morgan fingerprint density at radius 3 is 2.58 bits per heavy atom. The third-order valence-electron chi connectivity index (χ3n) is 2.40. The molecule has 0 saturated heterocycles. The van der Waals surface area contributed by atoms with Crippen molar-refractivity contribution < 1.29 is 14.9 Å². The van der Waals surface area contributed by atoms with Crippen molar-refractivity contribution in [3.63, 3.8) is 0 Å². The lowest BCUT2D eigenvalue weighted by Crippen LogP contribution is -2.28. The molecule has 0 aromatic rings. The van der Waals surface area contributed by atoms with Gasteiger partial charge in [-0.3, -0.25) is 5.26 Å². The van der Waals surface area contributed by atoms with Gasteiger partial charge in [-0.2, -0.15) is 0 Å². The van der Waals surface area contributed by atoms with Crippen LogP contribution in [0.3, 0.4) is 0 Å². The highest BCUT2D eigenvalue weighted by molar-refractivity contribution is 5.48. The van der Waals surface area contributed by atoms with Gasteiger partial charge >= 0.3 is 0 Å². The van der Waals surface area contributed by atoms with Crippen LogP contribution in [0.4, 0.5) is 0 Å². The second-order valence-corrected chi connectivity index (χ2v) is 3.80. The topological polar surface area (TPSA) is 46.5 Å². The first-order valence-electron chi connectivity index (χ1n) is 4.28. The zero-order valence-corrected chi connectivity index (χ0v) is 8.04. The fraction of sp³-hybridized carbons (Fsp3) is 0.889. The van der Waals surface area contributed by atoms with Crippen molar-refractivity contribution in [1.29, 1.82) is 0 Å². The lowest BCUT2D eigenvalue weighted by atomic mass is 9.82. The Morgan fingerprint density at radius 1 is 1.58 bits per heavy atom. The lowest BCUT2D eigenvalue weighted by molar-refractivity contribution is -0.296. The van der Waals surface area contributed by atoms with Crippen molar-refractivity contribution in [3.05, 3.63) is 0 Å². The van der Waals surface area contributed by atoms with Crippen LogP contribution in [0, 0.1) is 5.41 Å². The van der Waals surface area contributed by atoms with Gasteiger partial charge in [-0.05, 0) is 25.2 Å². The molecule has 3 nitrogen and oxygen atoms in total. The molecule has 0 amide bonds. The van der Waals surface area contributed by atoms with Crippen molar-refractivity contribution >= 4 is 6.29 Å². The van der Waals surface area contributed by atoms with E-state index in [4.69, 9.17) is 5.26 Å². The number of hydrogen-bond donors (Lipinski definition) is 1. The molecule has 0 aromatic carbocycles. The zero-order chi connectivity index (χ0) is 9.61. The molecule has 0 heterocycles. The molecule has 1 atom stereocenters. The van der Waals surface area contributed by atoms with Crippen LogP contribution in [0.5, 0.6) is 0 Å². The molecule has 0 bridgehead atoms. The van der Waals surface area contributed by atoms with Gasteiger partial charge in [0.25, 0.3) is 0 Å². The molecule has 12 heavy (non-hydrogen) atoms. The number of carbonyl (C=O) groups excluding carboxylic acids is 1. The van der Waals surface area contributed by atoms with E-state index in [1.807, 2.05) is 20.8 Å².